The molecular weight excluding hydrogens is 280 g/mol. The molecule has 22 heavy (non-hydrogen) atoms. The van der Waals surface area contributed by atoms with E-state index < -0.39 is 0 Å². The minimum Gasteiger partial charge on any atom is -0.494 e. The molecule has 1 aromatic rings. The minimum atomic E-state index is 0.0252. The third-order valence-corrected chi connectivity index (χ3v) is 3.68. The lowest BCUT2D eigenvalue weighted by molar-refractivity contribution is 0.196. The molecule has 5 nitrogen and oxygen atoms in total. The number of nitrogens with one attached hydrogen (secondary N) is 1. The Balaban J connectivity index is 1.64. The van der Waals surface area contributed by atoms with Gasteiger partial charge in [-0.05, 0) is 44.0 Å². The van der Waals surface area contributed by atoms with Crippen molar-refractivity contribution in [3.05, 3.63) is 24.3 Å². The predicted molar refractivity (Wildman–Crippen MR) is 86.5 cm³/mol. The van der Waals surface area contributed by atoms with Crippen molar-refractivity contribution in [3.8, 4) is 11.5 Å². The molecule has 2 rings (SSSR count). The van der Waals surface area contributed by atoms with Gasteiger partial charge in [0.1, 0.15) is 18.1 Å². The summed E-state index contributed by atoms with van der Waals surface area (Å²) in [5.41, 5.74) is 0. The van der Waals surface area contributed by atoms with Crippen LogP contribution in [-0.2, 0) is 0 Å². The van der Waals surface area contributed by atoms with Gasteiger partial charge >= 0.3 is 6.03 Å². The van der Waals surface area contributed by atoms with Crippen LogP contribution < -0.4 is 14.8 Å². The molecule has 2 amide bonds. The molecule has 0 atom stereocenters. The lowest BCUT2D eigenvalue weighted by atomic mass is 10.2. The van der Waals surface area contributed by atoms with Crippen molar-refractivity contribution in [1.82, 2.24) is 10.2 Å². The maximum absolute atomic E-state index is 12.0. The zero-order valence-electron chi connectivity index (χ0n) is 13.3. The number of rotatable bonds is 6. The molecule has 1 fully saturated rings. The number of nitrogens with zero attached hydrogens (tertiary/aromatic N) is 1. The van der Waals surface area contributed by atoms with Crippen molar-refractivity contribution < 1.29 is 14.3 Å². The van der Waals surface area contributed by atoms with Gasteiger partial charge in [0.15, 0.2) is 0 Å². The fraction of sp³-hybridized carbons (Fsp3) is 0.588. The third-order valence-electron chi connectivity index (χ3n) is 3.68. The second kappa shape index (κ2) is 9.18. The van der Waals surface area contributed by atoms with Crippen molar-refractivity contribution in [2.75, 3.05) is 32.8 Å². The molecule has 122 valence electrons. The van der Waals surface area contributed by atoms with E-state index in [1.807, 2.05) is 36.1 Å². The summed E-state index contributed by atoms with van der Waals surface area (Å²) in [6, 6.07) is 7.55. The van der Waals surface area contributed by atoms with Crippen LogP contribution >= 0.6 is 0 Å². The Hall–Kier alpha value is -1.91. The van der Waals surface area contributed by atoms with Crippen LogP contribution in [0.25, 0.3) is 0 Å². The van der Waals surface area contributed by atoms with Crippen molar-refractivity contribution >= 4 is 6.03 Å². The summed E-state index contributed by atoms with van der Waals surface area (Å²) in [5, 5.41) is 2.92. The third kappa shape index (κ3) is 5.47. The number of benzene rings is 1. The zero-order chi connectivity index (χ0) is 15.6. The Morgan fingerprint density at radius 3 is 2.23 bits per heavy atom. The number of amides is 2. The maximum Gasteiger partial charge on any atom is 0.317 e. The van der Waals surface area contributed by atoms with Crippen LogP contribution in [0.5, 0.6) is 11.5 Å². The van der Waals surface area contributed by atoms with Crippen LogP contribution in [0.4, 0.5) is 4.79 Å². The van der Waals surface area contributed by atoms with E-state index in [1.165, 1.54) is 12.8 Å². The number of carbonyl (C=O) groups is 1. The number of ether oxygens (including phenoxy) is 2. The molecule has 0 aliphatic carbocycles. The molecule has 0 bridgehead atoms. The number of likely N-dealkylation sites (tertiary alicyclic amines) is 1. The minimum absolute atomic E-state index is 0.0252. The van der Waals surface area contributed by atoms with E-state index >= 15 is 0 Å². The molecule has 1 heterocycles. The summed E-state index contributed by atoms with van der Waals surface area (Å²) in [6.45, 7) is 5.33. The summed E-state index contributed by atoms with van der Waals surface area (Å²) < 4.78 is 11.0. The Labute approximate surface area is 132 Å². The molecule has 0 spiro atoms. The Morgan fingerprint density at radius 2 is 1.64 bits per heavy atom. The number of hydrogen-bond acceptors (Lipinski definition) is 3. The molecule has 0 unspecified atom stereocenters. The van der Waals surface area contributed by atoms with E-state index in [2.05, 4.69) is 5.32 Å². The predicted octanol–water partition coefficient (Wildman–Crippen LogP) is 3.05. The van der Waals surface area contributed by atoms with E-state index in [-0.39, 0.29) is 6.03 Å². The summed E-state index contributed by atoms with van der Waals surface area (Å²) in [7, 11) is 0. The van der Waals surface area contributed by atoms with Crippen LogP contribution in [0.3, 0.4) is 0 Å². The van der Waals surface area contributed by atoms with Crippen LogP contribution in [0, 0.1) is 0 Å². The maximum atomic E-state index is 12.0. The van der Waals surface area contributed by atoms with Gasteiger partial charge in [-0.1, -0.05) is 12.8 Å². The van der Waals surface area contributed by atoms with E-state index in [1.54, 1.807) is 0 Å². The molecular formula is C17H26N2O3. The highest BCUT2D eigenvalue weighted by molar-refractivity contribution is 5.74. The van der Waals surface area contributed by atoms with Gasteiger partial charge in [0.2, 0.25) is 0 Å². The standard InChI is InChI=1S/C17H26N2O3/c1-2-21-15-7-9-16(10-8-15)22-14-11-18-17(20)19-12-5-3-4-6-13-19/h7-10H,2-6,11-14H2,1H3,(H,18,20). The van der Waals surface area contributed by atoms with E-state index in [0.717, 1.165) is 37.4 Å². The van der Waals surface area contributed by atoms with Crippen molar-refractivity contribution in [3.63, 3.8) is 0 Å². The molecule has 0 aromatic heterocycles. The lowest BCUT2D eigenvalue weighted by Gasteiger charge is -2.20. The Morgan fingerprint density at radius 1 is 1.05 bits per heavy atom. The summed E-state index contributed by atoms with van der Waals surface area (Å²) in [4.78, 5) is 13.9. The first-order valence-electron chi connectivity index (χ1n) is 8.18. The van der Waals surface area contributed by atoms with Gasteiger partial charge in [-0.15, -0.1) is 0 Å². The van der Waals surface area contributed by atoms with Gasteiger partial charge in [-0.2, -0.15) is 0 Å². The molecule has 1 aliphatic rings. The first-order chi connectivity index (χ1) is 10.8. The zero-order valence-corrected chi connectivity index (χ0v) is 13.3. The topological polar surface area (TPSA) is 50.8 Å². The van der Waals surface area contributed by atoms with Gasteiger partial charge in [-0.25, -0.2) is 4.79 Å². The summed E-state index contributed by atoms with van der Waals surface area (Å²) >= 11 is 0. The average molecular weight is 306 g/mol. The molecule has 1 aromatic carbocycles. The SMILES string of the molecule is CCOc1ccc(OCCNC(=O)N2CCCCCC2)cc1. The molecule has 1 N–H and O–H groups in total. The van der Waals surface area contributed by atoms with Gasteiger partial charge in [0.05, 0.1) is 13.2 Å². The highest BCUT2D eigenvalue weighted by Crippen LogP contribution is 2.17. The monoisotopic (exact) mass is 306 g/mol. The van der Waals surface area contributed by atoms with E-state index in [4.69, 9.17) is 9.47 Å². The first kappa shape index (κ1) is 16.5. The fourth-order valence-electron chi connectivity index (χ4n) is 2.51. The van der Waals surface area contributed by atoms with Crippen molar-refractivity contribution in [1.29, 1.82) is 0 Å². The molecule has 5 heteroatoms. The van der Waals surface area contributed by atoms with Crippen molar-refractivity contribution in [2.24, 2.45) is 0 Å². The van der Waals surface area contributed by atoms with Crippen LogP contribution in [0.15, 0.2) is 24.3 Å². The molecule has 1 saturated heterocycles. The Bertz CT molecular complexity index is 440. The highest BCUT2D eigenvalue weighted by atomic mass is 16.5. The first-order valence-corrected chi connectivity index (χ1v) is 8.18. The largest absolute Gasteiger partial charge is 0.494 e. The average Bonchev–Trinajstić information content (AvgIpc) is 2.82. The van der Waals surface area contributed by atoms with Crippen LogP contribution in [0.2, 0.25) is 0 Å². The van der Waals surface area contributed by atoms with Gasteiger partial charge < -0.3 is 19.7 Å². The summed E-state index contributed by atoms with van der Waals surface area (Å²) in [5.74, 6) is 1.62. The second-order valence-corrected chi connectivity index (χ2v) is 5.39. The number of hydrogen-bond donors (Lipinski definition) is 1. The second-order valence-electron chi connectivity index (χ2n) is 5.39. The highest BCUT2D eigenvalue weighted by Gasteiger charge is 2.14. The number of urea groups is 1. The van der Waals surface area contributed by atoms with Gasteiger partial charge in [0, 0.05) is 13.1 Å². The van der Waals surface area contributed by atoms with E-state index in [0.29, 0.717) is 19.8 Å². The molecule has 0 radical (unpaired) electrons. The Kier molecular flexibility index (Phi) is 6.87. The molecule has 1 aliphatic heterocycles. The smallest absolute Gasteiger partial charge is 0.317 e. The summed E-state index contributed by atoms with van der Waals surface area (Å²) in [6.07, 6.45) is 4.67. The van der Waals surface area contributed by atoms with Gasteiger partial charge in [0.25, 0.3) is 0 Å². The van der Waals surface area contributed by atoms with Crippen LogP contribution in [0.1, 0.15) is 32.6 Å². The fourth-order valence-corrected chi connectivity index (χ4v) is 2.51. The van der Waals surface area contributed by atoms with E-state index in [9.17, 15) is 4.79 Å². The quantitative estimate of drug-likeness (QED) is 0.822. The van der Waals surface area contributed by atoms with Gasteiger partial charge in [-0.3, -0.25) is 0 Å². The van der Waals surface area contributed by atoms with Crippen molar-refractivity contribution in [2.45, 2.75) is 32.6 Å². The molecule has 0 saturated carbocycles. The lowest BCUT2D eigenvalue weighted by Crippen LogP contribution is -2.41. The van der Waals surface area contributed by atoms with Crippen LogP contribution in [-0.4, -0.2) is 43.8 Å². The number of carbonyl (C=O) groups excluding carboxylic acids is 1. The normalized spacial score (nSPS) is 15.0.